The first-order valence-electron chi connectivity index (χ1n) is 11.8. The van der Waals surface area contributed by atoms with Crippen molar-refractivity contribution >= 4 is 0 Å². The molecule has 1 saturated heterocycles. The predicted octanol–water partition coefficient (Wildman–Crippen LogP) is 5.22. The van der Waals surface area contributed by atoms with Gasteiger partial charge in [0.25, 0.3) is 0 Å². The smallest absolute Gasteiger partial charge is 0.119 e. The summed E-state index contributed by atoms with van der Waals surface area (Å²) in [5, 5.41) is 12.2. The summed E-state index contributed by atoms with van der Waals surface area (Å²) in [6.45, 7) is 11.4. The lowest BCUT2D eigenvalue weighted by atomic mass is 9.74. The van der Waals surface area contributed by atoms with E-state index in [2.05, 4.69) is 62.1 Å². The third-order valence-electron chi connectivity index (χ3n) is 6.27. The standard InChI is InChI=1S/C27H39NO3/c1-4-15-27(29,24-10-12-25(13-11-24)31-18-14-22(2)3)26(23-8-6-5-7-9-23)21-28-16-19-30-20-17-28/h5-13,22,26,29H,4,14-21H2,1-3H3/t26-,27-/m1/s1. The van der Waals surface area contributed by atoms with Crippen LogP contribution in [-0.4, -0.2) is 49.5 Å². The molecule has 3 rings (SSSR count). The molecule has 0 saturated carbocycles. The average molecular weight is 426 g/mol. The molecule has 0 bridgehead atoms. The van der Waals surface area contributed by atoms with Gasteiger partial charge in [0.2, 0.25) is 0 Å². The molecule has 2 atom stereocenters. The number of hydrogen-bond acceptors (Lipinski definition) is 4. The topological polar surface area (TPSA) is 41.9 Å². The van der Waals surface area contributed by atoms with Crippen molar-refractivity contribution in [2.45, 2.75) is 51.6 Å². The number of morpholine rings is 1. The van der Waals surface area contributed by atoms with Gasteiger partial charge in [-0.15, -0.1) is 0 Å². The predicted molar refractivity (Wildman–Crippen MR) is 127 cm³/mol. The highest BCUT2D eigenvalue weighted by Gasteiger charge is 2.39. The highest BCUT2D eigenvalue weighted by molar-refractivity contribution is 5.35. The number of ether oxygens (including phenoxy) is 2. The molecule has 0 amide bonds. The zero-order chi connectivity index (χ0) is 22.1. The van der Waals surface area contributed by atoms with E-state index in [1.807, 2.05) is 18.2 Å². The SMILES string of the molecule is CCC[C@@](O)(c1ccc(OCCC(C)C)cc1)[C@H](CN1CCOCC1)c1ccccc1. The lowest BCUT2D eigenvalue weighted by molar-refractivity contribution is -0.0285. The number of hydrogen-bond donors (Lipinski definition) is 1. The Morgan fingerprint density at radius 1 is 1.03 bits per heavy atom. The van der Waals surface area contributed by atoms with Crippen LogP contribution in [0.15, 0.2) is 54.6 Å². The van der Waals surface area contributed by atoms with Crippen LogP contribution in [0, 0.1) is 5.92 Å². The summed E-state index contributed by atoms with van der Waals surface area (Å²) in [5.74, 6) is 1.48. The molecule has 170 valence electrons. The summed E-state index contributed by atoms with van der Waals surface area (Å²) in [6, 6.07) is 18.6. The van der Waals surface area contributed by atoms with Crippen molar-refractivity contribution in [2.75, 3.05) is 39.5 Å². The quantitative estimate of drug-likeness (QED) is 0.536. The van der Waals surface area contributed by atoms with E-state index in [1.165, 1.54) is 5.56 Å². The van der Waals surface area contributed by atoms with Crippen molar-refractivity contribution < 1.29 is 14.6 Å². The van der Waals surface area contributed by atoms with Gasteiger partial charge in [-0.3, -0.25) is 4.90 Å². The summed E-state index contributed by atoms with van der Waals surface area (Å²) in [6.07, 6.45) is 2.66. The Labute approximate surface area is 188 Å². The molecule has 2 aromatic rings. The monoisotopic (exact) mass is 425 g/mol. The van der Waals surface area contributed by atoms with Gasteiger partial charge in [-0.2, -0.15) is 0 Å². The molecule has 31 heavy (non-hydrogen) atoms. The van der Waals surface area contributed by atoms with Gasteiger partial charge in [-0.05, 0) is 42.0 Å². The zero-order valence-corrected chi connectivity index (χ0v) is 19.4. The summed E-state index contributed by atoms with van der Waals surface area (Å²) < 4.78 is 11.5. The van der Waals surface area contributed by atoms with Gasteiger partial charge in [-0.25, -0.2) is 0 Å². The molecule has 1 aliphatic heterocycles. The molecule has 0 unspecified atom stereocenters. The van der Waals surface area contributed by atoms with Crippen LogP contribution in [0.25, 0.3) is 0 Å². The maximum atomic E-state index is 12.2. The van der Waals surface area contributed by atoms with Gasteiger partial charge in [0.1, 0.15) is 5.75 Å². The van der Waals surface area contributed by atoms with E-state index in [0.717, 1.165) is 63.6 Å². The maximum Gasteiger partial charge on any atom is 0.119 e. The Bertz CT molecular complexity index is 756. The molecule has 4 nitrogen and oxygen atoms in total. The highest BCUT2D eigenvalue weighted by Crippen LogP contribution is 2.42. The fourth-order valence-corrected chi connectivity index (χ4v) is 4.41. The zero-order valence-electron chi connectivity index (χ0n) is 19.4. The van der Waals surface area contributed by atoms with E-state index in [-0.39, 0.29) is 5.92 Å². The van der Waals surface area contributed by atoms with Crippen LogP contribution in [0.1, 0.15) is 57.1 Å². The van der Waals surface area contributed by atoms with Gasteiger partial charge in [0, 0.05) is 25.6 Å². The number of benzene rings is 2. The number of rotatable bonds is 11. The average Bonchev–Trinajstić information content (AvgIpc) is 2.79. The van der Waals surface area contributed by atoms with Gasteiger partial charge >= 0.3 is 0 Å². The van der Waals surface area contributed by atoms with Crippen molar-refractivity contribution in [1.29, 1.82) is 0 Å². The third-order valence-corrected chi connectivity index (χ3v) is 6.27. The summed E-state index contributed by atoms with van der Waals surface area (Å²) in [5.41, 5.74) is 1.21. The molecule has 0 aliphatic carbocycles. The second-order valence-corrected chi connectivity index (χ2v) is 9.11. The van der Waals surface area contributed by atoms with Crippen LogP contribution in [0.3, 0.4) is 0 Å². The summed E-state index contributed by atoms with van der Waals surface area (Å²) >= 11 is 0. The van der Waals surface area contributed by atoms with Crippen LogP contribution < -0.4 is 4.74 Å². The van der Waals surface area contributed by atoms with E-state index in [0.29, 0.717) is 12.3 Å². The minimum absolute atomic E-state index is 0.0144. The molecule has 1 fully saturated rings. The van der Waals surface area contributed by atoms with E-state index >= 15 is 0 Å². The Morgan fingerprint density at radius 3 is 2.32 bits per heavy atom. The van der Waals surface area contributed by atoms with E-state index in [1.54, 1.807) is 0 Å². The molecule has 4 heteroatoms. The van der Waals surface area contributed by atoms with Gasteiger partial charge < -0.3 is 14.6 Å². The van der Waals surface area contributed by atoms with E-state index in [9.17, 15) is 5.11 Å². The number of nitrogens with zero attached hydrogens (tertiary/aromatic N) is 1. The Kier molecular flexibility index (Phi) is 8.94. The molecular weight excluding hydrogens is 386 g/mol. The van der Waals surface area contributed by atoms with Crippen LogP contribution in [-0.2, 0) is 10.3 Å². The second kappa shape index (κ2) is 11.7. The van der Waals surface area contributed by atoms with Crippen molar-refractivity contribution in [3.05, 3.63) is 65.7 Å². The largest absolute Gasteiger partial charge is 0.494 e. The van der Waals surface area contributed by atoms with E-state index in [4.69, 9.17) is 9.47 Å². The first-order chi connectivity index (χ1) is 15.0. The first-order valence-corrected chi connectivity index (χ1v) is 11.8. The summed E-state index contributed by atoms with van der Waals surface area (Å²) in [7, 11) is 0. The molecule has 1 aliphatic rings. The van der Waals surface area contributed by atoms with Crippen molar-refractivity contribution in [3.8, 4) is 5.75 Å². The lowest BCUT2D eigenvalue weighted by Gasteiger charge is -2.41. The first kappa shape index (κ1) is 23.8. The van der Waals surface area contributed by atoms with Crippen molar-refractivity contribution in [3.63, 3.8) is 0 Å². The maximum absolute atomic E-state index is 12.2. The van der Waals surface area contributed by atoms with Crippen LogP contribution in [0.2, 0.25) is 0 Å². The van der Waals surface area contributed by atoms with Crippen LogP contribution >= 0.6 is 0 Å². The van der Waals surface area contributed by atoms with Crippen LogP contribution in [0.4, 0.5) is 0 Å². The minimum atomic E-state index is -0.940. The van der Waals surface area contributed by atoms with Gasteiger partial charge in [0.05, 0.1) is 25.4 Å². The molecular formula is C27H39NO3. The lowest BCUT2D eigenvalue weighted by Crippen LogP contribution is -2.45. The Hall–Kier alpha value is -1.88. The Balaban J connectivity index is 1.86. The molecule has 0 radical (unpaired) electrons. The number of aliphatic hydroxyl groups is 1. The molecule has 0 aromatic heterocycles. The molecule has 0 spiro atoms. The normalized spacial score (nSPS) is 18.0. The fraction of sp³-hybridized carbons (Fsp3) is 0.556. The molecule has 1 N–H and O–H groups in total. The van der Waals surface area contributed by atoms with Crippen molar-refractivity contribution in [1.82, 2.24) is 4.90 Å². The van der Waals surface area contributed by atoms with Crippen molar-refractivity contribution in [2.24, 2.45) is 5.92 Å². The fourth-order valence-electron chi connectivity index (χ4n) is 4.41. The second-order valence-electron chi connectivity index (χ2n) is 9.11. The third kappa shape index (κ3) is 6.55. The van der Waals surface area contributed by atoms with E-state index < -0.39 is 5.60 Å². The van der Waals surface area contributed by atoms with Crippen LogP contribution in [0.5, 0.6) is 5.75 Å². The molecule has 2 aromatic carbocycles. The Morgan fingerprint density at radius 2 is 1.71 bits per heavy atom. The highest BCUT2D eigenvalue weighted by atomic mass is 16.5. The summed E-state index contributed by atoms with van der Waals surface area (Å²) in [4.78, 5) is 2.42. The van der Waals surface area contributed by atoms with Gasteiger partial charge in [0.15, 0.2) is 0 Å². The minimum Gasteiger partial charge on any atom is -0.494 e. The van der Waals surface area contributed by atoms with Gasteiger partial charge in [-0.1, -0.05) is 69.7 Å². The molecule has 1 heterocycles.